The van der Waals surface area contributed by atoms with Crippen molar-refractivity contribution >= 4 is 47.0 Å². The lowest BCUT2D eigenvalue weighted by atomic mass is 10.2. The number of carbonyl (C=O) groups excluding carboxylic acids is 1. The van der Waals surface area contributed by atoms with Crippen molar-refractivity contribution in [1.29, 1.82) is 0 Å². The van der Waals surface area contributed by atoms with E-state index in [-0.39, 0.29) is 41.2 Å². The first-order chi connectivity index (χ1) is 14.9. The van der Waals surface area contributed by atoms with Crippen LogP contribution in [-0.2, 0) is 11.3 Å². The molecule has 0 saturated heterocycles. The molecule has 1 aromatic carbocycles. The zero-order valence-corrected chi connectivity index (χ0v) is 16.7. The minimum Gasteiger partial charge on any atom is -0.379 e. The number of nitrogen functional groups attached to an aromatic ring is 2. The Morgan fingerprint density at radius 3 is 2.48 bits per heavy atom. The monoisotopic (exact) mass is 463 g/mol. The zero-order valence-electron chi connectivity index (χ0n) is 15.2. The highest BCUT2D eigenvalue weighted by Crippen LogP contribution is 2.25. The molecule has 3 heterocycles. The zero-order chi connectivity index (χ0) is 22.0. The van der Waals surface area contributed by atoms with E-state index in [1.54, 1.807) is 18.2 Å². The summed E-state index contributed by atoms with van der Waals surface area (Å²) in [6.07, 6.45) is 1.37. The third-order valence-electron chi connectivity index (χ3n) is 3.77. The molecular formula is C15H11Cl2N11O3. The molecule has 0 aliphatic carbocycles. The topological polar surface area (TPSA) is 202 Å². The van der Waals surface area contributed by atoms with Crippen LogP contribution in [0.25, 0.3) is 23.0 Å². The molecular weight excluding hydrogens is 453 g/mol. The summed E-state index contributed by atoms with van der Waals surface area (Å²) in [5.41, 5.74) is 14.5. The number of nitrogens with two attached hydrogens (primary N) is 2. The Morgan fingerprint density at radius 2 is 1.84 bits per heavy atom. The fourth-order valence-electron chi connectivity index (χ4n) is 2.38. The van der Waals surface area contributed by atoms with Crippen molar-refractivity contribution in [3.8, 4) is 23.0 Å². The van der Waals surface area contributed by atoms with Crippen LogP contribution in [0.3, 0.4) is 0 Å². The summed E-state index contributed by atoms with van der Waals surface area (Å²) in [6, 6.07) is 4.84. The van der Waals surface area contributed by atoms with E-state index in [0.717, 1.165) is 0 Å². The molecule has 0 aliphatic heterocycles. The SMILES string of the molecule is Nc1nonc1-c1nc(-c2nonc2N)n(CC(=O)N/N=C\c2ccc(Cl)cc2Cl)n1. The molecule has 0 aliphatic rings. The van der Waals surface area contributed by atoms with E-state index >= 15 is 0 Å². The molecule has 1 amide bonds. The van der Waals surface area contributed by atoms with Gasteiger partial charge >= 0.3 is 0 Å². The molecule has 0 atom stereocenters. The molecule has 16 heteroatoms. The maximum Gasteiger partial charge on any atom is 0.261 e. The van der Waals surface area contributed by atoms with E-state index < -0.39 is 5.91 Å². The number of nitrogens with one attached hydrogen (secondary N) is 1. The predicted molar refractivity (Wildman–Crippen MR) is 108 cm³/mol. The maximum atomic E-state index is 12.4. The lowest BCUT2D eigenvalue weighted by Crippen LogP contribution is -2.24. The third-order valence-corrected chi connectivity index (χ3v) is 4.33. The number of hydrogen-bond donors (Lipinski definition) is 3. The van der Waals surface area contributed by atoms with Crippen molar-refractivity contribution in [2.75, 3.05) is 11.5 Å². The van der Waals surface area contributed by atoms with Gasteiger partial charge < -0.3 is 11.5 Å². The first-order valence-corrected chi connectivity index (χ1v) is 9.06. The van der Waals surface area contributed by atoms with Gasteiger partial charge in [-0.2, -0.15) is 5.10 Å². The Bertz CT molecular complexity index is 1280. The number of halogens is 2. The minimum absolute atomic E-state index is 0.0281. The highest BCUT2D eigenvalue weighted by Gasteiger charge is 2.24. The van der Waals surface area contributed by atoms with Crippen molar-refractivity contribution in [3.63, 3.8) is 0 Å². The van der Waals surface area contributed by atoms with Crippen molar-refractivity contribution in [2.24, 2.45) is 5.10 Å². The third kappa shape index (κ3) is 4.29. The molecule has 0 fully saturated rings. The average Bonchev–Trinajstić information content (AvgIpc) is 3.43. The number of hydrazone groups is 1. The van der Waals surface area contributed by atoms with Crippen LogP contribution >= 0.6 is 23.2 Å². The highest BCUT2D eigenvalue weighted by atomic mass is 35.5. The van der Waals surface area contributed by atoms with Crippen LogP contribution in [0.5, 0.6) is 0 Å². The van der Waals surface area contributed by atoms with Crippen LogP contribution in [0.4, 0.5) is 11.6 Å². The summed E-state index contributed by atoms with van der Waals surface area (Å²) in [6.45, 7) is -0.314. The van der Waals surface area contributed by atoms with Gasteiger partial charge in [0.2, 0.25) is 5.82 Å². The molecule has 31 heavy (non-hydrogen) atoms. The summed E-state index contributed by atoms with van der Waals surface area (Å²) >= 11 is 11.9. The van der Waals surface area contributed by atoms with Crippen LogP contribution in [0.2, 0.25) is 10.0 Å². The summed E-state index contributed by atoms with van der Waals surface area (Å²) in [5.74, 6) is -0.525. The van der Waals surface area contributed by atoms with Gasteiger partial charge in [0, 0.05) is 10.6 Å². The average molecular weight is 464 g/mol. The fourth-order valence-corrected chi connectivity index (χ4v) is 2.84. The van der Waals surface area contributed by atoms with Crippen LogP contribution in [0.1, 0.15) is 5.56 Å². The van der Waals surface area contributed by atoms with E-state index in [4.69, 9.17) is 34.7 Å². The number of nitrogens with zero attached hydrogens (tertiary/aromatic N) is 8. The minimum atomic E-state index is -0.541. The summed E-state index contributed by atoms with van der Waals surface area (Å²) in [7, 11) is 0. The van der Waals surface area contributed by atoms with Crippen molar-refractivity contribution in [2.45, 2.75) is 6.54 Å². The molecule has 0 spiro atoms. The largest absolute Gasteiger partial charge is 0.379 e. The van der Waals surface area contributed by atoms with Gasteiger partial charge in [-0.1, -0.05) is 29.3 Å². The number of rotatable bonds is 6. The van der Waals surface area contributed by atoms with Gasteiger partial charge in [0.1, 0.15) is 6.54 Å². The molecule has 0 radical (unpaired) electrons. The molecule has 158 valence electrons. The van der Waals surface area contributed by atoms with E-state index in [9.17, 15) is 4.79 Å². The Labute approximate surface area is 182 Å². The molecule has 4 rings (SSSR count). The number of carbonyl (C=O) groups is 1. The van der Waals surface area contributed by atoms with Gasteiger partial charge in [0.25, 0.3) is 5.91 Å². The second-order valence-electron chi connectivity index (χ2n) is 5.87. The van der Waals surface area contributed by atoms with Crippen LogP contribution < -0.4 is 16.9 Å². The van der Waals surface area contributed by atoms with E-state index in [0.29, 0.717) is 15.6 Å². The van der Waals surface area contributed by atoms with Gasteiger partial charge in [-0.05, 0) is 32.8 Å². The number of aromatic nitrogens is 7. The molecule has 4 aromatic rings. The van der Waals surface area contributed by atoms with Crippen LogP contribution in [0.15, 0.2) is 32.6 Å². The lowest BCUT2D eigenvalue weighted by Gasteiger charge is -2.03. The normalized spacial score (nSPS) is 11.3. The van der Waals surface area contributed by atoms with Gasteiger partial charge in [-0.3, -0.25) is 4.79 Å². The van der Waals surface area contributed by atoms with Crippen LogP contribution in [0, 0.1) is 0 Å². The lowest BCUT2D eigenvalue weighted by molar-refractivity contribution is -0.121. The number of hydrogen-bond acceptors (Lipinski definition) is 12. The van der Waals surface area contributed by atoms with Crippen LogP contribution in [-0.4, -0.2) is 47.5 Å². The Kier molecular flexibility index (Phi) is 5.46. The standard InChI is InChI=1S/C15H11Cl2N11O3/c16-7-2-1-6(8(17)3-7)4-20-22-9(29)5-28-15(11-13(19)27-31-25-11)21-14(23-28)10-12(18)26-30-24-10/h1-4H,5H2,(H2,18,26)(H2,19,27)(H,22,29)/b20-4-. The number of amides is 1. The molecule has 3 aromatic heterocycles. The Balaban J connectivity index is 1.56. The first kappa shape index (κ1) is 20.2. The molecule has 5 N–H and O–H groups in total. The molecule has 0 saturated carbocycles. The Hall–Kier alpha value is -4.04. The summed E-state index contributed by atoms with van der Waals surface area (Å²) in [4.78, 5) is 16.6. The second kappa shape index (κ2) is 8.37. The maximum absolute atomic E-state index is 12.4. The van der Waals surface area contributed by atoms with Gasteiger partial charge in [0.05, 0.1) is 11.2 Å². The van der Waals surface area contributed by atoms with E-state index in [1.807, 2.05) is 0 Å². The van der Waals surface area contributed by atoms with Crippen molar-refractivity contribution < 1.29 is 14.1 Å². The number of benzene rings is 1. The fraction of sp³-hybridized carbons (Fsp3) is 0.0667. The molecule has 0 unspecified atom stereocenters. The first-order valence-electron chi connectivity index (χ1n) is 8.31. The van der Waals surface area contributed by atoms with Gasteiger partial charge in [0.15, 0.2) is 28.8 Å². The highest BCUT2D eigenvalue weighted by molar-refractivity contribution is 6.36. The van der Waals surface area contributed by atoms with Crippen molar-refractivity contribution in [3.05, 3.63) is 33.8 Å². The number of anilines is 2. The van der Waals surface area contributed by atoms with Crippen molar-refractivity contribution in [1.82, 2.24) is 40.8 Å². The quantitative estimate of drug-likeness (QED) is 0.271. The second-order valence-corrected chi connectivity index (χ2v) is 6.72. The van der Waals surface area contributed by atoms with E-state index in [2.05, 4.69) is 50.5 Å². The smallest absolute Gasteiger partial charge is 0.261 e. The predicted octanol–water partition coefficient (Wildman–Crippen LogP) is 1.000. The summed E-state index contributed by atoms with van der Waals surface area (Å²) < 4.78 is 10.3. The summed E-state index contributed by atoms with van der Waals surface area (Å²) in [5, 5.41) is 23.2. The Morgan fingerprint density at radius 1 is 1.13 bits per heavy atom. The van der Waals surface area contributed by atoms with E-state index in [1.165, 1.54) is 10.9 Å². The molecule has 0 bridgehead atoms. The van der Waals surface area contributed by atoms with Gasteiger partial charge in [-0.25, -0.2) is 24.3 Å². The van der Waals surface area contributed by atoms with Gasteiger partial charge in [-0.15, -0.1) is 5.10 Å². The molecule has 14 nitrogen and oxygen atoms in total.